The van der Waals surface area contributed by atoms with Crippen molar-refractivity contribution in [2.24, 2.45) is 5.92 Å². The molecule has 0 saturated carbocycles. The topological polar surface area (TPSA) is 62.2 Å². The molecule has 0 unspecified atom stereocenters. The zero-order valence-corrected chi connectivity index (χ0v) is 17.2. The SMILES string of the molecule is COCC(=O)N1CC[C@@H]2[C@H]1c1cc(-c3cccc(OC)c3)ccc1N(C)[C@H]2CO. The second-order valence-electron chi connectivity index (χ2n) is 7.78. The normalized spacial score (nSPS) is 23.0. The summed E-state index contributed by atoms with van der Waals surface area (Å²) >= 11 is 0. The summed E-state index contributed by atoms with van der Waals surface area (Å²) in [7, 11) is 5.24. The molecule has 1 fully saturated rings. The summed E-state index contributed by atoms with van der Waals surface area (Å²) in [6.45, 7) is 0.833. The maximum atomic E-state index is 12.7. The predicted octanol–water partition coefficient (Wildman–Crippen LogP) is 2.71. The molecule has 2 aromatic carbocycles. The number of likely N-dealkylation sites (tertiary alicyclic amines) is 1. The Morgan fingerprint density at radius 2 is 1.97 bits per heavy atom. The largest absolute Gasteiger partial charge is 0.497 e. The highest BCUT2D eigenvalue weighted by atomic mass is 16.5. The predicted molar refractivity (Wildman–Crippen MR) is 112 cm³/mol. The minimum atomic E-state index is -0.0495. The number of hydrogen-bond donors (Lipinski definition) is 1. The zero-order chi connectivity index (χ0) is 20.5. The number of aliphatic hydroxyl groups excluding tert-OH is 1. The lowest BCUT2D eigenvalue weighted by Crippen LogP contribution is -2.48. The molecule has 1 N–H and O–H groups in total. The van der Waals surface area contributed by atoms with Crippen molar-refractivity contribution in [2.75, 3.05) is 45.9 Å². The zero-order valence-electron chi connectivity index (χ0n) is 17.2. The molecular formula is C23H28N2O4. The first kappa shape index (κ1) is 19.7. The number of anilines is 1. The molecule has 2 aliphatic rings. The molecule has 0 bridgehead atoms. The van der Waals surface area contributed by atoms with Crippen LogP contribution in [0, 0.1) is 5.92 Å². The summed E-state index contributed by atoms with van der Waals surface area (Å²) in [5.74, 6) is 1.01. The van der Waals surface area contributed by atoms with Crippen molar-refractivity contribution in [3.8, 4) is 16.9 Å². The molecule has 2 aliphatic heterocycles. The summed E-state index contributed by atoms with van der Waals surface area (Å²) in [6.07, 6.45) is 0.874. The first-order chi connectivity index (χ1) is 14.1. The molecule has 2 heterocycles. The number of benzene rings is 2. The van der Waals surface area contributed by atoms with Crippen LogP contribution in [0.1, 0.15) is 18.0 Å². The van der Waals surface area contributed by atoms with E-state index in [4.69, 9.17) is 9.47 Å². The summed E-state index contributed by atoms with van der Waals surface area (Å²) in [5, 5.41) is 10.1. The van der Waals surface area contributed by atoms with Crippen LogP contribution >= 0.6 is 0 Å². The van der Waals surface area contributed by atoms with Crippen molar-refractivity contribution in [3.63, 3.8) is 0 Å². The van der Waals surface area contributed by atoms with Crippen molar-refractivity contribution in [1.29, 1.82) is 0 Å². The Morgan fingerprint density at radius 1 is 1.17 bits per heavy atom. The van der Waals surface area contributed by atoms with Gasteiger partial charge in [-0.1, -0.05) is 18.2 Å². The van der Waals surface area contributed by atoms with Gasteiger partial charge in [-0.2, -0.15) is 0 Å². The van der Waals surface area contributed by atoms with Crippen LogP contribution < -0.4 is 9.64 Å². The molecule has 1 amide bonds. The number of hydrogen-bond acceptors (Lipinski definition) is 5. The average molecular weight is 396 g/mol. The van der Waals surface area contributed by atoms with Crippen LogP contribution in [0.15, 0.2) is 42.5 Å². The Balaban J connectivity index is 1.80. The van der Waals surface area contributed by atoms with E-state index >= 15 is 0 Å². The molecule has 4 rings (SSSR count). The van der Waals surface area contributed by atoms with Gasteiger partial charge in [-0.3, -0.25) is 4.79 Å². The van der Waals surface area contributed by atoms with Crippen LogP contribution in [0.4, 0.5) is 5.69 Å². The molecule has 0 aliphatic carbocycles. The minimum Gasteiger partial charge on any atom is -0.497 e. The molecule has 6 heteroatoms. The van der Waals surface area contributed by atoms with Gasteiger partial charge < -0.3 is 24.4 Å². The molecule has 1 saturated heterocycles. The third kappa shape index (κ3) is 3.36. The van der Waals surface area contributed by atoms with Gasteiger partial charge in [0.2, 0.25) is 5.91 Å². The standard InChI is InChI=1S/C23H28N2O4/c1-24-20-8-7-16(15-5-4-6-17(11-15)29-3)12-19(20)23-18(21(24)13-26)9-10-25(23)22(27)14-28-2/h4-8,11-12,18,21,23,26H,9-10,13-14H2,1-3H3/t18-,21-,23-/m0/s1. The number of aliphatic hydroxyl groups is 1. The average Bonchev–Trinajstić information content (AvgIpc) is 3.19. The fourth-order valence-corrected chi connectivity index (χ4v) is 4.92. The molecule has 2 aromatic rings. The van der Waals surface area contributed by atoms with E-state index in [-0.39, 0.29) is 37.1 Å². The summed E-state index contributed by atoms with van der Waals surface area (Å²) < 4.78 is 10.5. The van der Waals surface area contributed by atoms with Gasteiger partial charge in [0.25, 0.3) is 0 Å². The van der Waals surface area contributed by atoms with Crippen LogP contribution in [0.5, 0.6) is 5.75 Å². The van der Waals surface area contributed by atoms with Crippen LogP contribution in [0.2, 0.25) is 0 Å². The van der Waals surface area contributed by atoms with Gasteiger partial charge in [0.1, 0.15) is 12.4 Å². The highest BCUT2D eigenvalue weighted by molar-refractivity contribution is 5.80. The number of likely N-dealkylation sites (N-methyl/N-ethyl adjacent to an activating group) is 1. The highest BCUT2D eigenvalue weighted by Gasteiger charge is 2.47. The fraction of sp³-hybridized carbons (Fsp3) is 0.435. The van der Waals surface area contributed by atoms with Crippen LogP contribution in [-0.4, -0.2) is 63.0 Å². The number of carbonyl (C=O) groups is 1. The number of ether oxygens (including phenoxy) is 2. The second-order valence-corrected chi connectivity index (χ2v) is 7.78. The summed E-state index contributed by atoms with van der Waals surface area (Å²) in [6, 6.07) is 14.3. The van der Waals surface area contributed by atoms with Crippen molar-refractivity contribution in [1.82, 2.24) is 4.90 Å². The Kier molecular flexibility index (Phi) is 5.48. The maximum Gasteiger partial charge on any atom is 0.249 e. The Hall–Kier alpha value is -2.57. The van der Waals surface area contributed by atoms with E-state index in [1.807, 2.05) is 30.1 Å². The van der Waals surface area contributed by atoms with Gasteiger partial charge >= 0.3 is 0 Å². The quantitative estimate of drug-likeness (QED) is 0.842. The maximum absolute atomic E-state index is 12.7. The van der Waals surface area contributed by atoms with Gasteiger partial charge in [-0.25, -0.2) is 0 Å². The van der Waals surface area contributed by atoms with E-state index in [0.29, 0.717) is 6.54 Å². The summed E-state index contributed by atoms with van der Waals surface area (Å²) in [4.78, 5) is 16.8. The van der Waals surface area contributed by atoms with Gasteiger partial charge in [-0.15, -0.1) is 0 Å². The lowest BCUT2D eigenvalue weighted by Gasteiger charge is -2.44. The van der Waals surface area contributed by atoms with Crippen molar-refractivity contribution in [3.05, 3.63) is 48.0 Å². The lowest BCUT2D eigenvalue weighted by atomic mass is 9.81. The van der Waals surface area contributed by atoms with Crippen LogP contribution in [-0.2, 0) is 9.53 Å². The molecule has 0 radical (unpaired) electrons. The van der Waals surface area contributed by atoms with Gasteiger partial charge in [0, 0.05) is 32.3 Å². The monoisotopic (exact) mass is 396 g/mol. The number of rotatable bonds is 5. The third-order valence-electron chi connectivity index (χ3n) is 6.34. The van der Waals surface area contributed by atoms with Crippen molar-refractivity contribution >= 4 is 11.6 Å². The van der Waals surface area contributed by atoms with Crippen LogP contribution in [0.25, 0.3) is 11.1 Å². The second kappa shape index (κ2) is 8.05. The van der Waals surface area contributed by atoms with Gasteiger partial charge in [-0.05, 0) is 47.4 Å². The van der Waals surface area contributed by atoms with E-state index in [0.717, 1.165) is 34.5 Å². The first-order valence-electron chi connectivity index (χ1n) is 9.99. The molecule has 29 heavy (non-hydrogen) atoms. The van der Waals surface area contributed by atoms with E-state index < -0.39 is 0 Å². The van der Waals surface area contributed by atoms with E-state index in [1.165, 1.54) is 0 Å². The Labute approximate surface area is 171 Å². The molecule has 0 spiro atoms. The van der Waals surface area contributed by atoms with Crippen molar-refractivity contribution < 1.29 is 19.4 Å². The Bertz CT molecular complexity index is 900. The van der Waals surface area contributed by atoms with E-state index in [1.54, 1.807) is 14.2 Å². The van der Waals surface area contributed by atoms with Crippen molar-refractivity contribution in [2.45, 2.75) is 18.5 Å². The number of carbonyl (C=O) groups excluding carboxylic acids is 1. The summed E-state index contributed by atoms with van der Waals surface area (Å²) in [5.41, 5.74) is 4.35. The minimum absolute atomic E-state index is 0.000948. The van der Waals surface area contributed by atoms with Gasteiger partial charge in [0.15, 0.2) is 0 Å². The Morgan fingerprint density at radius 3 is 2.69 bits per heavy atom. The molecule has 3 atom stereocenters. The van der Waals surface area contributed by atoms with Crippen LogP contribution in [0.3, 0.4) is 0 Å². The molecular weight excluding hydrogens is 368 g/mol. The molecule has 154 valence electrons. The number of amides is 1. The molecule has 0 aromatic heterocycles. The fourth-order valence-electron chi connectivity index (χ4n) is 4.92. The number of methoxy groups -OCH3 is 2. The number of fused-ring (bicyclic) bond motifs is 3. The van der Waals surface area contributed by atoms with Gasteiger partial charge in [0.05, 0.1) is 25.8 Å². The van der Waals surface area contributed by atoms with E-state index in [2.05, 4.69) is 29.2 Å². The lowest BCUT2D eigenvalue weighted by molar-refractivity contribution is -0.136. The highest BCUT2D eigenvalue weighted by Crippen LogP contribution is 2.49. The third-order valence-corrected chi connectivity index (χ3v) is 6.34. The smallest absolute Gasteiger partial charge is 0.249 e. The first-order valence-corrected chi connectivity index (χ1v) is 9.99. The van der Waals surface area contributed by atoms with E-state index in [9.17, 15) is 9.90 Å². The number of nitrogens with zero attached hydrogens (tertiary/aromatic N) is 2. The molecule has 6 nitrogen and oxygen atoms in total.